The maximum atomic E-state index is 12.9. The van der Waals surface area contributed by atoms with E-state index in [-0.39, 0.29) is 31.2 Å². The van der Waals surface area contributed by atoms with Crippen molar-refractivity contribution in [3.8, 4) is 0 Å². The molecule has 3 aromatic rings. The SMILES string of the molecule is O=C(CCN1C(=O)C(=Cc2ccco2)SC1=S)Nc1ncc(Cc2cccc(C(F)(F)F)c2)s1. The van der Waals surface area contributed by atoms with Crippen LogP contribution in [0.4, 0.5) is 18.3 Å². The smallest absolute Gasteiger partial charge is 0.416 e. The van der Waals surface area contributed by atoms with Crippen LogP contribution in [-0.2, 0) is 22.2 Å². The summed E-state index contributed by atoms with van der Waals surface area (Å²) in [6.45, 7) is 0.106. The van der Waals surface area contributed by atoms with Crippen molar-refractivity contribution in [2.45, 2.75) is 19.0 Å². The van der Waals surface area contributed by atoms with Gasteiger partial charge in [-0.25, -0.2) is 4.98 Å². The van der Waals surface area contributed by atoms with E-state index in [1.54, 1.807) is 24.3 Å². The fraction of sp³-hybridized carbons (Fsp3) is 0.182. The number of aromatic nitrogens is 1. The minimum absolute atomic E-state index is 0.00299. The Kier molecular flexibility index (Phi) is 7.19. The van der Waals surface area contributed by atoms with Crippen LogP contribution in [0.1, 0.15) is 28.2 Å². The number of rotatable bonds is 7. The number of alkyl halides is 3. The van der Waals surface area contributed by atoms with Crippen molar-refractivity contribution in [2.75, 3.05) is 11.9 Å². The highest BCUT2D eigenvalue weighted by Gasteiger charge is 2.32. The monoisotopic (exact) mass is 523 g/mol. The first-order valence-corrected chi connectivity index (χ1v) is 11.9. The lowest BCUT2D eigenvalue weighted by Crippen LogP contribution is -2.31. The number of carbonyl (C=O) groups is 2. The molecule has 4 rings (SSSR count). The second-order valence-corrected chi connectivity index (χ2v) is 9.94. The fourth-order valence-corrected chi connectivity index (χ4v) is 5.25. The van der Waals surface area contributed by atoms with E-state index in [9.17, 15) is 22.8 Å². The Morgan fingerprint density at radius 1 is 1.26 bits per heavy atom. The van der Waals surface area contributed by atoms with E-state index < -0.39 is 11.7 Å². The topological polar surface area (TPSA) is 75.4 Å². The number of thiazole rings is 1. The summed E-state index contributed by atoms with van der Waals surface area (Å²) >= 11 is 7.57. The van der Waals surface area contributed by atoms with E-state index in [1.165, 1.54) is 34.8 Å². The predicted octanol–water partition coefficient (Wildman–Crippen LogP) is 5.58. The summed E-state index contributed by atoms with van der Waals surface area (Å²) in [7, 11) is 0. The zero-order valence-corrected chi connectivity index (χ0v) is 19.7. The largest absolute Gasteiger partial charge is 0.465 e. The molecule has 3 heterocycles. The predicted molar refractivity (Wildman–Crippen MR) is 128 cm³/mol. The highest BCUT2D eigenvalue weighted by Crippen LogP contribution is 2.33. The summed E-state index contributed by atoms with van der Waals surface area (Å²) in [5.41, 5.74) is -0.217. The maximum Gasteiger partial charge on any atom is 0.416 e. The molecule has 34 heavy (non-hydrogen) atoms. The summed E-state index contributed by atoms with van der Waals surface area (Å²) < 4.78 is 44.3. The van der Waals surface area contributed by atoms with Crippen LogP contribution in [0, 0.1) is 0 Å². The fourth-order valence-electron chi connectivity index (χ4n) is 3.10. The molecule has 1 saturated heterocycles. The third-order valence-electron chi connectivity index (χ3n) is 4.69. The van der Waals surface area contributed by atoms with E-state index >= 15 is 0 Å². The van der Waals surface area contributed by atoms with E-state index in [4.69, 9.17) is 16.6 Å². The average Bonchev–Trinajstić information content (AvgIpc) is 3.50. The van der Waals surface area contributed by atoms with Gasteiger partial charge in [-0.05, 0) is 23.8 Å². The van der Waals surface area contributed by atoms with Gasteiger partial charge in [0.25, 0.3) is 5.91 Å². The molecule has 0 aliphatic carbocycles. The zero-order chi connectivity index (χ0) is 24.3. The average molecular weight is 524 g/mol. The molecule has 1 fully saturated rings. The number of thioether (sulfide) groups is 1. The number of hydrogen-bond donors (Lipinski definition) is 1. The first kappa shape index (κ1) is 24.2. The standard InChI is InChI=1S/C22H16F3N3O3S3/c23-22(24,25)14-4-1-3-13(9-14)10-16-12-26-20(33-16)27-18(29)6-7-28-19(30)17(34-21(28)32)11-15-5-2-8-31-15/h1-5,8-9,11-12H,6-7,10H2,(H,26,27,29). The molecule has 0 saturated carbocycles. The van der Waals surface area contributed by atoms with Gasteiger partial charge in [-0.1, -0.05) is 42.2 Å². The van der Waals surface area contributed by atoms with Gasteiger partial charge < -0.3 is 9.73 Å². The lowest BCUT2D eigenvalue weighted by Gasteiger charge is -2.13. The number of hydrogen-bond acceptors (Lipinski definition) is 7. The Balaban J connectivity index is 1.31. The molecule has 1 N–H and O–H groups in total. The summed E-state index contributed by atoms with van der Waals surface area (Å²) in [5, 5.41) is 2.98. The van der Waals surface area contributed by atoms with E-state index in [0.29, 0.717) is 30.6 Å². The summed E-state index contributed by atoms with van der Waals surface area (Å²) in [4.78, 5) is 31.5. The van der Waals surface area contributed by atoms with Crippen LogP contribution in [0.3, 0.4) is 0 Å². The molecule has 1 aromatic carbocycles. The molecule has 176 valence electrons. The second kappa shape index (κ2) is 10.1. The number of nitrogens with one attached hydrogen (secondary N) is 1. The van der Waals surface area contributed by atoms with Crippen molar-refractivity contribution in [1.82, 2.24) is 9.88 Å². The third kappa shape index (κ3) is 5.93. The Hall–Kier alpha value is -2.96. The molecule has 0 atom stereocenters. The first-order valence-electron chi connectivity index (χ1n) is 9.88. The molecular weight excluding hydrogens is 507 g/mol. The number of anilines is 1. The number of furan rings is 1. The van der Waals surface area contributed by atoms with Crippen LogP contribution >= 0.6 is 35.3 Å². The van der Waals surface area contributed by atoms with Gasteiger partial charge in [-0.2, -0.15) is 13.2 Å². The van der Waals surface area contributed by atoms with Crippen LogP contribution in [0.2, 0.25) is 0 Å². The first-order chi connectivity index (χ1) is 16.2. The van der Waals surface area contributed by atoms with Crippen molar-refractivity contribution in [1.29, 1.82) is 0 Å². The number of benzene rings is 1. The van der Waals surface area contributed by atoms with Gasteiger partial charge in [-0.15, -0.1) is 11.3 Å². The zero-order valence-electron chi connectivity index (χ0n) is 17.3. The molecule has 1 aliphatic heterocycles. The Morgan fingerprint density at radius 3 is 2.82 bits per heavy atom. The number of nitrogens with zero attached hydrogens (tertiary/aromatic N) is 2. The van der Waals surface area contributed by atoms with Gasteiger partial charge in [-0.3, -0.25) is 14.5 Å². The van der Waals surface area contributed by atoms with Crippen LogP contribution in [0.25, 0.3) is 6.08 Å². The van der Waals surface area contributed by atoms with Gasteiger partial charge in [0.2, 0.25) is 5.91 Å². The lowest BCUT2D eigenvalue weighted by atomic mass is 10.1. The van der Waals surface area contributed by atoms with E-state index in [1.807, 2.05) is 0 Å². The van der Waals surface area contributed by atoms with Crippen molar-refractivity contribution in [3.63, 3.8) is 0 Å². The number of amides is 2. The normalized spacial score (nSPS) is 15.4. The number of carbonyl (C=O) groups excluding carboxylic acids is 2. The lowest BCUT2D eigenvalue weighted by molar-refractivity contribution is -0.137. The Bertz CT molecular complexity index is 1250. The van der Waals surface area contributed by atoms with Gasteiger partial charge in [0.05, 0.1) is 16.7 Å². The highest BCUT2D eigenvalue weighted by molar-refractivity contribution is 8.26. The van der Waals surface area contributed by atoms with Crippen LogP contribution in [-0.4, -0.2) is 32.6 Å². The molecule has 2 amide bonds. The van der Waals surface area contributed by atoms with Crippen molar-refractivity contribution in [2.24, 2.45) is 0 Å². The van der Waals surface area contributed by atoms with Crippen molar-refractivity contribution < 1.29 is 27.2 Å². The maximum absolute atomic E-state index is 12.9. The Morgan fingerprint density at radius 2 is 2.09 bits per heavy atom. The number of halogens is 3. The van der Waals surface area contributed by atoms with E-state index in [0.717, 1.165) is 23.9 Å². The number of thiocarbonyl (C=S) groups is 1. The van der Waals surface area contributed by atoms with Gasteiger partial charge in [0, 0.05) is 36.5 Å². The minimum atomic E-state index is -4.41. The van der Waals surface area contributed by atoms with Crippen LogP contribution in [0.15, 0.2) is 58.2 Å². The Labute approximate surface area is 205 Å². The highest BCUT2D eigenvalue weighted by atomic mass is 32.2. The van der Waals surface area contributed by atoms with Gasteiger partial charge in [0.1, 0.15) is 10.1 Å². The molecular formula is C22H16F3N3O3S3. The molecule has 0 spiro atoms. The summed E-state index contributed by atoms with van der Waals surface area (Å²) in [5.74, 6) is -0.121. The van der Waals surface area contributed by atoms with Crippen LogP contribution < -0.4 is 5.32 Å². The van der Waals surface area contributed by atoms with Gasteiger partial charge in [0.15, 0.2) is 5.13 Å². The van der Waals surface area contributed by atoms with Crippen molar-refractivity contribution in [3.05, 3.63) is 75.5 Å². The quantitative estimate of drug-likeness (QED) is 0.322. The summed E-state index contributed by atoms with van der Waals surface area (Å²) in [6.07, 6.45) is 0.470. The minimum Gasteiger partial charge on any atom is -0.465 e. The van der Waals surface area contributed by atoms with Gasteiger partial charge >= 0.3 is 6.18 Å². The molecule has 2 aromatic heterocycles. The second-order valence-electron chi connectivity index (χ2n) is 7.15. The van der Waals surface area contributed by atoms with Crippen molar-refractivity contribution >= 4 is 62.7 Å². The van der Waals surface area contributed by atoms with E-state index in [2.05, 4.69) is 10.3 Å². The van der Waals surface area contributed by atoms with Crippen LogP contribution in [0.5, 0.6) is 0 Å². The molecule has 0 bridgehead atoms. The molecule has 12 heteroatoms. The molecule has 1 aliphatic rings. The third-order valence-corrected chi connectivity index (χ3v) is 6.98. The molecule has 0 unspecified atom stereocenters. The summed E-state index contributed by atoms with van der Waals surface area (Å²) in [6, 6.07) is 8.51. The molecule has 6 nitrogen and oxygen atoms in total. The molecule has 0 radical (unpaired) electrons.